The number of likely N-dealkylation sites (N-methyl/N-ethyl adjacent to an activating group) is 1. The molecule has 1 saturated heterocycles. The molecule has 0 aromatic heterocycles. The first-order chi connectivity index (χ1) is 9.72. The summed E-state index contributed by atoms with van der Waals surface area (Å²) in [7, 11) is 1.82. The first-order valence-electron chi connectivity index (χ1n) is 7.34. The van der Waals surface area contributed by atoms with Gasteiger partial charge in [0.2, 0.25) is 5.91 Å². The summed E-state index contributed by atoms with van der Waals surface area (Å²) in [5.41, 5.74) is 1.13. The Bertz CT molecular complexity index is 416. The standard InChI is InChI=1S/C16H24N2O2/c1-13(20-12-14-8-4-3-5-9-14)15(17-2)16(19)18-10-6-7-11-18/h3-5,8-9,13,15,17H,6-7,10-12H2,1-2H3/t13-,15+/m1/s1. The Morgan fingerprint density at radius 1 is 1.30 bits per heavy atom. The Morgan fingerprint density at radius 2 is 1.95 bits per heavy atom. The van der Waals surface area contributed by atoms with Crippen LogP contribution in [0, 0.1) is 0 Å². The van der Waals surface area contributed by atoms with Gasteiger partial charge in [0, 0.05) is 13.1 Å². The van der Waals surface area contributed by atoms with Gasteiger partial charge < -0.3 is 15.0 Å². The van der Waals surface area contributed by atoms with E-state index >= 15 is 0 Å². The van der Waals surface area contributed by atoms with Crippen molar-refractivity contribution >= 4 is 5.91 Å². The zero-order valence-electron chi connectivity index (χ0n) is 12.3. The summed E-state index contributed by atoms with van der Waals surface area (Å²) in [6.45, 7) is 4.25. The van der Waals surface area contributed by atoms with E-state index in [4.69, 9.17) is 4.74 Å². The van der Waals surface area contributed by atoms with Crippen LogP contribution in [0.3, 0.4) is 0 Å². The minimum absolute atomic E-state index is 0.145. The molecule has 1 aliphatic heterocycles. The van der Waals surface area contributed by atoms with E-state index in [0.29, 0.717) is 6.61 Å². The molecule has 1 fully saturated rings. The third kappa shape index (κ3) is 3.81. The zero-order chi connectivity index (χ0) is 14.4. The molecule has 0 saturated carbocycles. The van der Waals surface area contributed by atoms with Crippen LogP contribution in [0.4, 0.5) is 0 Å². The van der Waals surface area contributed by atoms with Gasteiger partial charge in [-0.3, -0.25) is 4.79 Å². The lowest BCUT2D eigenvalue weighted by Gasteiger charge is -2.27. The van der Waals surface area contributed by atoms with Gasteiger partial charge in [0.05, 0.1) is 12.7 Å². The topological polar surface area (TPSA) is 41.6 Å². The summed E-state index contributed by atoms with van der Waals surface area (Å²) in [6.07, 6.45) is 2.08. The fourth-order valence-electron chi connectivity index (χ4n) is 2.59. The average molecular weight is 276 g/mol. The van der Waals surface area contributed by atoms with Gasteiger partial charge in [-0.15, -0.1) is 0 Å². The number of carbonyl (C=O) groups is 1. The molecule has 0 spiro atoms. The van der Waals surface area contributed by atoms with E-state index in [0.717, 1.165) is 31.5 Å². The van der Waals surface area contributed by atoms with E-state index in [1.807, 2.05) is 49.2 Å². The number of ether oxygens (including phenoxy) is 1. The molecule has 0 bridgehead atoms. The second kappa shape index (κ2) is 7.41. The molecular formula is C16H24N2O2. The van der Waals surface area contributed by atoms with E-state index in [-0.39, 0.29) is 18.1 Å². The van der Waals surface area contributed by atoms with Crippen molar-refractivity contribution in [3.8, 4) is 0 Å². The Kier molecular flexibility index (Phi) is 5.56. The molecule has 1 amide bonds. The van der Waals surface area contributed by atoms with Crippen LogP contribution in [0.25, 0.3) is 0 Å². The summed E-state index contributed by atoms with van der Waals surface area (Å²) in [5, 5.41) is 3.10. The molecule has 2 atom stereocenters. The minimum Gasteiger partial charge on any atom is -0.372 e. The number of hydrogen-bond donors (Lipinski definition) is 1. The number of rotatable bonds is 6. The summed E-state index contributed by atoms with van der Waals surface area (Å²) in [4.78, 5) is 14.3. The summed E-state index contributed by atoms with van der Waals surface area (Å²) < 4.78 is 5.85. The maximum Gasteiger partial charge on any atom is 0.242 e. The molecule has 4 nitrogen and oxygen atoms in total. The third-order valence-electron chi connectivity index (χ3n) is 3.82. The van der Waals surface area contributed by atoms with E-state index < -0.39 is 0 Å². The van der Waals surface area contributed by atoms with Crippen molar-refractivity contribution in [3.63, 3.8) is 0 Å². The number of nitrogens with zero attached hydrogens (tertiary/aromatic N) is 1. The normalized spacial score (nSPS) is 18.0. The van der Waals surface area contributed by atoms with Crippen LogP contribution in [0.2, 0.25) is 0 Å². The zero-order valence-corrected chi connectivity index (χ0v) is 12.3. The molecule has 0 unspecified atom stereocenters. The molecule has 1 heterocycles. The van der Waals surface area contributed by atoms with Crippen molar-refractivity contribution in [3.05, 3.63) is 35.9 Å². The molecule has 4 heteroatoms. The molecule has 0 radical (unpaired) electrons. The predicted octanol–water partition coefficient (Wildman–Crippen LogP) is 1.80. The number of carbonyl (C=O) groups excluding carboxylic acids is 1. The molecule has 1 N–H and O–H groups in total. The molecule has 1 aromatic rings. The van der Waals surface area contributed by atoms with Gasteiger partial charge in [-0.25, -0.2) is 0 Å². The van der Waals surface area contributed by atoms with Gasteiger partial charge in [0.25, 0.3) is 0 Å². The van der Waals surface area contributed by atoms with Crippen LogP contribution < -0.4 is 5.32 Å². The molecule has 0 aliphatic carbocycles. The highest BCUT2D eigenvalue weighted by molar-refractivity contribution is 5.82. The molecular weight excluding hydrogens is 252 g/mol. The quantitative estimate of drug-likeness (QED) is 0.861. The number of hydrogen-bond acceptors (Lipinski definition) is 3. The molecule has 1 aliphatic rings. The van der Waals surface area contributed by atoms with Gasteiger partial charge in [-0.05, 0) is 32.4 Å². The molecule has 110 valence electrons. The van der Waals surface area contributed by atoms with Crippen LogP contribution in [0.5, 0.6) is 0 Å². The molecule has 2 rings (SSSR count). The van der Waals surface area contributed by atoms with Crippen molar-refractivity contribution in [2.75, 3.05) is 20.1 Å². The van der Waals surface area contributed by atoms with Gasteiger partial charge in [0.15, 0.2) is 0 Å². The maximum absolute atomic E-state index is 12.4. The Hall–Kier alpha value is -1.39. The highest BCUT2D eigenvalue weighted by atomic mass is 16.5. The number of amides is 1. The van der Waals surface area contributed by atoms with Crippen molar-refractivity contribution in [2.45, 2.75) is 38.5 Å². The van der Waals surface area contributed by atoms with Crippen molar-refractivity contribution in [1.29, 1.82) is 0 Å². The number of likely N-dealkylation sites (tertiary alicyclic amines) is 1. The monoisotopic (exact) mass is 276 g/mol. The Labute approximate surface area is 121 Å². The summed E-state index contributed by atoms with van der Waals surface area (Å²) in [5.74, 6) is 0.158. The number of nitrogens with one attached hydrogen (secondary N) is 1. The fourth-order valence-corrected chi connectivity index (χ4v) is 2.59. The summed E-state index contributed by atoms with van der Waals surface area (Å²) >= 11 is 0. The Morgan fingerprint density at radius 3 is 2.55 bits per heavy atom. The van der Waals surface area contributed by atoms with Crippen molar-refractivity contribution < 1.29 is 9.53 Å². The predicted molar refractivity (Wildman–Crippen MR) is 79.4 cm³/mol. The third-order valence-corrected chi connectivity index (χ3v) is 3.82. The number of benzene rings is 1. The Balaban J connectivity index is 1.88. The second-order valence-electron chi connectivity index (χ2n) is 5.30. The maximum atomic E-state index is 12.4. The minimum atomic E-state index is -0.267. The smallest absolute Gasteiger partial charge is 0.242 e. The average Bonchev–Trinajstić information content (AvgIpc) is 3.01. The lowest BCUT2D eigenvalue weighted by atomic mass is 10.1. The van der Waals surface area contributed by atoms with Crippen LogP contribution in [0.15, 0.2) is 30.3 Å². The van der Waals surface area contributed by atoms with Gasteiger partial charge in [0.1, 0.15) is 6.04 Å². The first-order valence-corrected chi connectivity index (χ1v) is 7.34. The van der Waals surface area contributed by atoms with Crippen LogP contribution in [0.1, 0.15) is 25.3 Å². The van der Waals surface area contributed by atoms with Crippen molar-refractivity contribution in [2.24, 2.45) is 0 Å². The largest absolute Gasteiger partial charge is 0.372 e. The lowest BCUT2D eigenvalue weighted by molar-refractivity contribution is -0.136. The molecule has 1 aromatic carbocycles. The summed E-state index contributed by atoms with van der Waals surface area (Å²) in [6, 6.07) is 9.77. The molecule has 20 heavy (non-hydrogen) atoms. The fraction of sp³-hybridized carbons (Fsp3) is 0.562. The van der Waals surface area contributed by atoms with E-state index in [1.165, 1.54) is 0 Å². The van der Waals surface area contributed by atoms with E-state index in [9.17, 15) is 4.79 Å². The van der Waals surface area contributed by atoms with Crippen LogP contribution in [-0.2, 0) is 16.1 Å². The SMILES string of the molecule is CN[C@H](C(=O)N1CCCC1)[C@@H](C)OCc1ccccc1. The van der Waals surface area contributed by atoms with Crippen LogP contribution >= 0.6 is 0 Å². The first kappa shape index (κ1) is 15.0. The van der Waals surface area contributed by atoms with Gasteiger partial charge in [-0.1, -0.05) is 30.3 Å². The van der Waals surface area contributed by atoms with Crippen LogP contribution in [-0.4, -0.2) is 43.1 Å². The highest BCUT2D eigenvalue weighted by Gasteiger charge is 2.29. The van der Waals surface area contributed by atoms with Crippen molar-refractivity contribution in [1.82, 2.24) is 10.2 Å². The van der Waals surface area contributed by atoms with E-state index in [1.54, 1.807) is 0 Å². The van der Waals surface area contributed by atoms with E-state index in [2.05, 4.69) is 5.32 Å². The van der Waals surface area contributed by atoms with Gasteiger partial charge >= 0.3 is 0 Å². The van der Waals surface area contributed by atoms with Gasteiger partial charge in [-0.2, -0.15) is 0 Å². The highest BCUT2D eigenvalue weighted by Crippen LogP contribution is 2.13. The second-order valence-corrected chi connectivity index (χ2v) is 5.30. The lowest BCUT2D eigenvalue weighted by Crippen LogP contribution is -2.50.